The van der Waals surface area contributed by atoms with Gasteiger partial charge in [0.25, 0.3) is 0 Å². The van der Waals surface area contributed by atoms with E-state index < -0.39 is 11.3 Å². The molecule has 0 aliphatic heterocycles. The van der Waals surface area contributed by atoms with E-state index >= 15 is 0 Å². The number of Topliss-reactive ketones (excluding diaryl/α,β-unsaturated/α-hetero) is 1. The lowest BCUT2D eigenvalue weighted by Gasteiger charge is -2.28. The van der Waals surface area contributed by atoms with Crippen LogP contribution >= 0.6 is 0 Å². The van der Waals surface area contributed by atoms with Gasteiger partial charge in [-0.15, -0.1) is 0 Å². The summed E-state index contributed by atoms with van der Waals surface area (Å²) in [4.78, 5) is 23.8. The van der Waals surface area contributed by atoms with Crippen molar-refractivity contribution in [1.82, 2.24) is 0 Å². The highest BCUT2D eigenvalue weighted by Gasteiger charge is 2.34. The minimum absolute atomic E-state index is 0.0643. The van der Waals surface area contributed by atoms with Crippen LogP contribution in [0, 0.1) is 5.41 Å². The minimum Gasteiger partial charge on any atom is -0.396 e. The SMILES string of the molecule is C/C=C(/CC(N)=O)C(=O)C(C)(CCO)Cc1ccccc1. The zero-order valence-electron chi connectivity index (χ0n) is 12.6. The molecule has 4 nitrogen and oxygen atoms in total. The largest absolute Gasteiger partial charge is 0.396 e. The van der Waals surface area contributed by atoms with Crippen molar-refractivity contribution < 1.29 is 14.7 Å². The Morgan fingerprint density at radius 2 is 1.90 bits per heavy atom. The Morgan fingerprint density at radius 3 is 2.38 bits per heavy atom. The van der Waals surface area contributed by atoms with Gasteiger partial charge in [-0.2, -0.15) is 0 Å². The molecule has 0 saturated heterocycles. The smallest absolute Gasteiger partial charge is 0.221 e. The van der Waals surface area contributed by atoms with Gasteiger partial charge in [0, 0.05) is 17.6 Å². The van der Waals surface area contributed by atoms with E-state index in [9.17, 15) is 14.7 Å². The summed E-state index contributed by atoms with van der Waals surface area (Å²) in [6.45, 7) is 3.46. The van der Waals surface area contributed by atoms with E-state index in [1.807, 2.05) is 37.3 Å². The van der Waals surface area contributed by atoms with Crippen LogP contribution in [0.1, 0.15) is 32.3 Å². The van der Waals surface area contributed by atoms with Crippen LogP contribution in [0.4, 0.5) is 0 Å². The van der Waals surface area contributed by atoms with Crippen LogP contribution < -0.4 is 5.73 Å². The van der Waals surface area contributed by atoms with E-state index in [1.54, 1.807) is 13.0 Å². The highest BCUT2D eigenvalue weighted by molar-refractivity contribution is 6.03. The molecule has 0 spiro atoms. The van der Waals surface area contributed by atoms with Crippen LogP contribution in [0.25, 0.3) is 0 Å². The Kier molecular flexibility index (Phi) is 6.31. The van der Waals surface area contributed by atoms with Crippen LogP contribution in [0.5, 0.6) is 0 Å². The summed E-state index contributed by atoms with van der Waals surface area (Å²) >= 11 is 0. The van der Waals surface area contributed by atoms with Gasteiger partial charge in [0.2, 0.25) is 5.91 Å². The Morgan fingerprint density at radius 1 is 1.29 bits per heavy atom. The van der Waals surface area contributed by atoms with Crippen molar-refractivity contribution in [2.45, 2.75) is 33.1 Å². The zero-order chi connectivity index (χ0) is 15.9. The maximum Gasteiger partial charge on any atom is 0.221 e. The number of allylic oxidation sites excluding steroid dienone is 1. The average Bonchev–Trinajstić information content (AvgIpc) is 2.45. The zero-order valence-corrected chi connectivity index (χ0v) is 12.6. The molecular formula is C17H23NO3. The number of hydrogen-bond acceptors (Lipinski definition) is 3. The summed E-state index contributed by atoms with van der Waals surface area (Å²) in [5.41, 5.74) is 5.89. The quantitative estimate of drug-likeness (QED) is 0.718. The molecule has 4 heteroatoms. The van der Waals surface area contributed by atoms with Crippen molar-refractivity contribution in [3.05, 3.63) is 47.5 Å². The summed E-state index contributed by atoms with van der Waals surface area (Å²) in [7, 11) is 0. The van der Waals surface area contributed by atoms with Gasteiger partial charge >= 0.3 is 0 Å². The number of hydrogen-bond donors (Lipinski definition) is 2. The van der Waals surface area contributed by atoms with Crippen LogP contribution in [-0.4, -0.2) is 23.4 Å². The molecule has 21 heavy (non-hydrogen) atoms. The van der Waals surface area contributed by atoms with E-state index in [4.69, 9.17) is 5.73 Å². The van der Waals surface area contributed by atoms with E-state index in [0.717, 1.165) is 5.56 Å². The normalized spacial score (nSPS) is 14.5. The van der Waals surface area contributed by atoms with Gasteiger partial charge in [-0.05, 0) is 25.3 Å². The Hall–Kier alpha value is -1.94. The third kappa shape index (κ3) is 4.83. The summed E-state index contributed by atoms with van der Waals surface area (Å²) < 4.78 is 0. The van der Waals surface area contributed by atoms with Crippen molar-refractivity contribution in [2.24, 2.45) is 11.1 Å². The minimum atomic E-state index is -0.743. The fourth-order valence-electron chi connectivity index (χ4n) is 2.46. The van der Waals surface area contributed by atoms with E-state index in [1.165, 1.54) is 0 Å². The first-order valence-corrected chi connectivity index (χ1v) is 7.06. The number of carbonyl (C=O) groups excluding carboxylic acids is 2. The number of carbonyl (C=O) groups is 2. The second-order valence-electron chi connectivity index (χ2n) is 5.48. The van der Waals surface area contributed by atoms with Gasteiger partial charge < -0.3 is 10.8 Å². The van der Waals surface area contributed by atoms with Crippen LogP contribution in [0.3, 0.4) is 0 Å². The van der Waals surface area contributed by atoms with Gasteiger partial charge in [0.1, 0.15) is 0 Å². The molecule has 1 aromatic carbocycles. The molecule has 3 N–H and O–H groups in total. The monoisotopic (exact) mass is 289 g/mol. The van der Waals surface area contributed by atoms with Gasteiger partial charge in [-0.25, -0.2) is 0 Å². The third-order valence-corrected chi connectivity index (χ3v) is 3.65. The molecule has 0 aromatic heterocycles. The molecular weight excluding hydrogens is 266 g/mol. The molecule has 0 aliphatic rings. The standard InChI is InChI=1S/C17H23NO3/c1-3-14(11-15(18)20)16(21)17(2,9-10-19)12-13-7-5-4-6-8-13/h3-8,19H,9-12H2,1-2H3,(H2,18,20)/b14-3-. The topological polar surface area (TPSA) is 80.4 Å². The van der Waals surface area contributed by atoms with Gasteiger partial charge in [0.15, 0.2) is 5.78 Å². The summed E-state index contributed by atoms with van der Waals surface area (Å²) in [5.74, 6) is -0.649. The first-order valence-electron chi connectivity index (χ1n) is 7.06. The molecule has 1 amide bonds. The second kappa shape index (κ2) is 7.74. The van der Waals surface area contributed by atoms with Crippen molar-refractivity contribution >= 4 is 11.7 Å². The molecule has 1 unspecified atom stereocenters. The predicted octanol–water partition coefficient (Wildman–Crippen LogP) is 2.01. The average molecular weight is 289 g/mol. The maximum absolute atomic E-state index is 12.7. The number of benzene rings is 1. The molecule has 0 radical (unpaired) electrons. The lowest BCUT2D eigenvalue weighted by molar-refractivity contribution is -0.126. The lowest BCUT2D eigenvalue weighted by Crippen LogP contribution is -2.34. The molecule has 0 fully saturated rings. The van der Waals surface area contributed by atoms with Crippen molar-refractivity contribution in [2.75, 3.05) is 6.61 Å². The molecule has 1 aromatic rings. The first-order chi connectivity index (χ1) is 9.92. The molecule has 0 aliphatic carbocycles. The molecule has 0 bridgehead atoms. The summed E-state index contributed by atoms with van der Waals surface area (Å²) in [6.07, 6.45) is 2.43. The molecule has 1 atom stereocenters. The summed E-state index contributed by atoms with van der Waals surface area (Å²) in [6, 6.07) is 9.65. The molecule has 114 valence electrons. The van der Waals surface area contributed by atoms with Crippen LogP contribution in [0.15, 0.2) is 42.0 Å². The number of aliphatic hydroxyl groups excluding tert-OH is 1. The van der Waals surface area contributed by atoms with E-state index in [0.29, 0.717) is 18.4 Å². The number of ketones is 1. The van der Waals surface area contributed by atoms with Gasteiger partial charge in [-0.3, -0.25) is 9.59 Å². The molecule has 1 rings (SSSR count). The predicted molar refractivity (Wildman–Crippen MR) is 82.5 cm³/mol. The Bertz CT molecular complexity index is 522. The third-order valence-electron chi connectivity index (χ3n) is 3.65. The fourth-order valence-corrected chi connectivity index (χ4v) is 2.46. The van der Waals surface area contributed by atoms with E-state index in [-0.39, 0.29) is 18.8 Å². The highest BCUT2D eigenvalue weighted by atomic mass is 16.3. The Balaban J connectivity index is 3.03. The number of aliphatic hydroxyl groups is 1. The molecule has 0 heterocycles. The van der Waals surface area contributed by atoms with Gasteiger partial charge in [0.05, 0.1) is 6.42 Å². The number of primary amides is 1. The molecule has 0 saturated carbocycles. The van der Waals surface area contributed by atoms with E-state index in [2.05, 4.69) is 0 Å². The lowest BCUT2D eigenvalue weighted by atomic mass is 9.74. The van der Waals surface area contributed by atoms with Crippen LogP contribution in [-0.2, 0) is 16.0 Å². The number of nitrogens with two attached hydrogens (primary N) is 1. The fraction of sp³-hybridized carbons (Fsp3) is 0.412. The second-order valence-corrected chi connectivity index (χ2v) is 5.48. The highest BCUT2D eigenvalue weighted by Crippen LogP contribution is 2.31. The van der Waals surface area contributed by atoms with Crippen molar-refractivity contribution in [3.63, 3.8) is 0 Å². The van der Waals surface area contributed by atoms with Gasteiger partial charge in [-0.1, -0.05) is 43.3 Å². The summed E-state index contributed by atoms with van der Waals surface area (Å²) in [5, 5.41) is 9.30. The number of rotatable bonds is 8. The Labute approximate surface area is 125 Å². The first kappa shape index (κ1) is 17.1. The maximum atomic E-state index is 12.7. The van der Waals surface area contributed by atoms with Crippen molar-refractivity contribution in [1.29, 1.82) is 0 Å². The number of amides is 1. The van der Waals surface area contributed by atoms with Crippen molar-refractivity contribution in [3.8, 4) is 0 Å². The van der Waals surface area contributed by atoms with Crippen LogP contribution in [0.2, 0.25) is 0 Å².